The quantitative estimate of drug-likeness (QED) is 0.775. The standard InChI is InChI=1S/C11H19N5O2S/c1-7(2)8(19-11-13-10(12)14-15-11)9(17)16-3-5-18-6-4-16/h7-8H,3-6H2,1-2H3,(H3,12,13,14,15)/t8-/m0/s1. The molecule has 0 bridgehead atoms. The third-order valence-corrected chi connectivity index (χ3v) is 4.28. The van der Waals surface area contributed by atoms with Gasteiger partial charge in [0.2, 0.25) is 17.0 Å². The fourth-order valence-corrected chi connectivity index (χ4v) is 2.86. The Morgan fingerprint density at radius 1 is 1.47 bits per heavy atom. The number of rotatable bonds is 4. The van der Waals surface area contributed by atoms with Crippen molar-refractivity contribution in [2.24, 2.45) is 5.92 Å². The summed E-state index contributed by atoms with van der Waals surface area (Å²) in [5.41, 5.74) is 5.49. The number of nitrogen functional groups attached to an aromatic ring is 1. The second kappa shape index (κ2) is 6.25. The Kier molecular flexibility index (Phi) is 4.65. The summed E-state index contributed by atoms with van der Waals surface area (Å²) in [5, 5.41) is 6.87. The molecule has 0 unspecified atom stereocenters. The minimum Gasteiger partial charge on any atom is -0.378 e. The van der Waals surface area contributed by atoms with Gasteiger partial charge in [-0.25, -0.2) is 5.10 Å². The molecule has 1 fully saturated rings. The van der Waals surface area contributed by atoms with E-state index in [1.54, 1.807) is 0 Å². The van der Waals surface area contributed by atoms with Crippen LogP contribution in [0.4, 0.5) is 5.95 Å². The lowest BCUT2D eigenvalue weighted by molar-refractivity contribution is -0.135. The second-order valence-corrected chi connectivity index (χ2v) is 5.83. The van der Waals surface area contributed by atoms with Gasteiger partial charge < -0.3 is 15.4 Å². The third-order valence-electron chi connectivity index (χ3n) is 2.89. The van der Waals surface area contributed by atoms with Gasteiger partial charge in [0.1, 0.15) is 0 Å². The largest absolute Gasteiger partial charge is 0.378 e. The number of hydrogen-bond acceptors (Lipinski definition) is 6. The van der Waals surface area contributed by atoms with Gasteiger partial charge in [-0.05, 0) is 5.92 Å². The van der Waals surface area contributed by atoms with Crippen LogP contribution in [-0.2, 0) is 9.53 Å². The van der Waals surface area contributed by atoms with Gasteiger partial charge in [0.05, 0.1) is 18.5 Å². The SMILES string of the molecule is CC(C)[C@H](Sc1n[nH]c(N)n1)C(=O)N1CCOCC1. The van der Waals surface area contributed by atoms with E-state index in [0.717, 1.165) is 0 Å². The molecule has 1 aromatic heterocycles. The molecule has 19 heavy (non-hydrogen) atoms. The van der Waals surface area contributed by atoms with E-state index in [0.29, 0.717) is 31.5 Å². The molecule has 1 amide bonds. The zero-order chi connectivity index (χ0) is 13.8. The van der Waals surface area contributed by atoms with Crippen LogP contribution in [0.15, 0.2) is 5.16 Å². The van der Waals surface area contributed by atoms with E-state index in [2.05, 4.69) is 15.2 Å². The number of nitrogens with one attached hydrogen (secondary N) is 1. The number of carbonyl (C=O) groups is 1. The highest BCUT2D eigenvalue weighted by atomic mass is 32.2. The Morgan fingerprint density at radius 2 is 2.16 bits per heavy atom. The summed E-state index contributed by atoms with van der Waals surface area (Å²) in [6, 6.07) is 0. The van der Waals surface area contributed by atoms with Gasteiger partial charge in [0, 0.05) is 13.1 Å². The summed E-state index contributed by atoms with van der Waals surface area (Å²) < 4.78 is 5.26. The third kappa shape index (κ3) is 3.60. The van der Waals surface area contributed by atoms with Gasteiger partial charge in [0.15, 0.2) is 0 Å². The molecule has 1 atom stereocenters. The lowest BCUT2D eigenvalue weighted by atomic mass is 10.1. The predicted octanol–water partition coefficient (Wildman–Crippen LogP) is 0.362. The van der Waals surface area contributed by atoms with E-state index in [9.17, 15) is 4.79 Å². The van der Waals surface area contributed by atoms with Gasteiger partial charge in [-0.15, -0.1) is 5.10 Å². The zero-order valence-electron chi connectivity index (χ0n) is 11.1. The maximum absolute atomic E-state index is 12.5. The fraction of sp³-hybridized carbons (Fsp3) is 0.727. The number of aromatic nitrogens is 3. The lowest BCUT2D eigenvalue weighted by Gasteiger charge is -2.31. The van der Waals surface area contributed by atoms with Gasteiger partial charge in [-0.2, -0.15) is 4.98 Å². The van der Waals surface area contributed by atoms with Crippen LogP contribution in [0.3, 0.4) is 0 Å². The van der Waals surface area contributed by atoms with Crippen molar-refractivity contribution >= 4 is 23.6 Å². The highest BCUT2D eigenvalue weighted by Gasteiger charge is 2.30. The smallest absolute Gasteiger partial charge is 0.236 e. The van der Waals surface area contributed by atoms with E-state index in [1.807, 2.05) is 18.7 Å². The molecule has 8 heteroatoms. The molecule has 1 aliphatic heterocycles. The second-order valence-electron chi connectivity index (χ2n) is 4.72. The number of aromatic amines is 1. The number of anilines is 1. The molecule has 0 saturated carbocycles. The van der Waals surface area contributed by atoms with Crippen molar-refractivity contribution in [3.05, 3.63) is 0 Å². The average Bonchev–Trinajstić information content (AvgIpc) is 2.81. The van der Waals surface area contributed by atoms with Crippen molar-refractivity contribution in [3.63, 3.8) is 0 Å². The molecule has 0 aromatic carbocycles. The predicted molar refractivity (Wildman–Crippen MR) is 72.7 cm³/mol. The molecule has 106 valence electrons. The van der Waals surface area contributed by atoms with Gasteiger partial charge in [-0.1, -0.05) is 25.6 Å². The number of carbonyl (C=O) groups excluding carboxylic acids is 1. The maximum Gasteiger partial charge on any atom is 0.236 e. The number of thioether (sulfide) groups is 1. The van der Waals surface area contributed by atoms with Crippen LogP contribution in [0.25, 0.3) is 0 Å². The summed E-state index contributed by atoms with van der Waals surface area (Å²) in [6.45, 7) is 6.55. The lowest BCUT2D eigenvalue weighted by Crippen LogP contribution is -2.46. The molecule has 2 rings (SSSR count). The van der Waals surface area contributed by atoms with E-state index >= 15 is 0 Å². The molecule has 3 N–H and O–H groups in total. The van der Waals surface area contributed by atoms with E-state index in [1.165, 1.54) is 11.8 Å². The van der Waals surface area contributed by atoms with Crippen molar-refractivity contribution in [1.82, 2.24) is 20.1 Å². The first-order chi connectivity index (χ1) is 9.08. The van der Waals surface area contributed by atoms with Crippen LogP contribution in [0, 0.1) is 5.92 Å². The fourth-order valence-electron chi connectivity index (χ4n) is 1.86. The molecular formula is C11H19N5O2S. The van der Waals surface area contributed by atoms with Crippen LogP contribution in [0.2, 0.25) is 0 Å². The first-order valence-electron chi connectivity index (χ1n) is 6.29. The molecule has 2 heterocycles. The van der Waals surface area contributed by atoms with E-state index in [-0.39, 0.29) is 23.0 Å². The molecular weight excluding hydrogens is 266 g/mol. The Bertz CT molecular complexity index is 430. The topological polar surface area (TPSA) is 97.1 Å². The number of hydrogen-bond donors (Lipinski definition) is 2. The highest BCUT2D eigenvalue weighted by molar-refractivity contribution is 8.00. The molecule has 0 radical (unpaired) electrons. The molecule has 0 spiro atoms. The minimum atomic E-state index is -0.201. The molecule has 1 aliphatic rings. The van der Waals surface area contributed by atoms with Gasteiger partial charge >= 0.3 is 0 Å². The Morgan fingerprint density at radius 3 is 2.68 bits per heavy atom. The number of nitrogens with two attached hydrogens (primary N) is 1. The monoisotopic (exact) mass is 285 g/mol. The number of ether oxygens (including phenoxy) is 1. The summed E-state index contributed by atoms with van der Waals surface area (Å²) >= 11 is 1.35. The number of H-pyrrole nitrogens is 1. The summed E-state index contributed by atoms with van der Waals surface area (Å²) in [5.74, 6) is 0.579. The zero-order valence-corrected chi connectivity index (χ0v) is 11.9. The minimum absolute atomic E-state index is 0.117. The molecule has 0 aliphatic carbocycles. The van der Waals surface area contributed by atoms with E-state index in [4.69, 9.17) is 10.5 Å². The van der Waals surface area contributed by atoms with Crippen molar-refractivity contribution in [1.29, 1.82) is 0 Å². The normalized spacial score (nSPS) is 17.7. The Hall–Kier alpha value is -1.28. The summed E-state index contributed by atoms with van der Waals surface area (Å²) in [4.78, 5) is 18.4. The van der Waals surface area contributed by atoms with Crippen LogP contribution in [0.5, 0.6) is 0 Å². The van der Waals surface area contributed by atoms with Crippen molar-refractivity contribution in [2.75, 3.05) is 32.0 Å². The number of nitrogens with zero attached hydrogens (tertiary/aromatic N) is 3. The maximum atomic E-state index is 12.5. The van der Waals surface area contributed by atoms with Crippen LogP contribution in [0.1, 0.15) is 13.8 Å². The average molecular weight is 285 g/mol. The summed E-state index contributed by atoms with van der Waals surface area (Å²) in [6.07, 6.45) is 0. The van der Waals surface area contributed by atoms with Gasteiger partial charge in [-0.3, -0.25) is 4.79 Å². The molecule has 7 nitrogen and oxygen atoms in total. The Labute approximate surface area is 116 Å². The van der Waals surface area contributed by atoms with E-state index < -0.39 is 0 Å². The van der Waals surface area contributed by atoms with Crippen molar-refractivity contribution in [3.8, 4) is 0 Å². The Balaban J connectivity index is 2.04. The first kappa shape index (κ1) is 14.1. The molecule has 1 saturated heterocycles. The van der Waals surface area contributed by atoms with Crippen LogP contribution in [-0.4, -0.2) is 57.5 Å². The van der Waals surface area contributed by atoms with Crippen molar-refractivity contribution < 1.29 is 9.53 Å². The summed E-state index contributed by atoms with van der Waals surface area (Å²) in [7, 11) is 0. The first-order valence-corrected chi connectivity index (χ1v) is 7.17. The van der Waals surface area contributed by atoms with Crippen LogP contribution < -0.4 is 5.73 Å². The molecule has 1 aromatic rings. The van der Waals surface area contributed by atoms with Gasteiger partial charge in [0.25, 0.3) is 0 Å². The number of morpholine rings is 1. The van der Waals surface area contributed by atoms with Crippen molar-refractivity contribution in [2.45, 2.75) is 24.3 Å². The van der Waals surface area contributed by atoms with Crippen LogP contribution >= 0.6 is 11.8 Å². The highest BCUT2D eigenvalue weighted by Crippen LogP contribution is 2.27. The number of amides is 1.